The second kappa shape index (κ2) is 9.91. The molecule has 0 aliphatic carbocycles. The molecule has 0 radical (unpaired) electrons. The molecule has 8 heteroatoms. The van der Waals surface area contributed by atoms with Crippen molar-refractivity contribution in [2.24, 2.45) is 0 Å². The SMILES string of the molecule is CCOC(=O)/C(CCO)=C(/c1ccc(S(C)(=O)=O)cc1)c1ccc(OC)c(Cl)c1. The maximum atomic E-state index is 12.6. The van der Waals surface area contributed by atoms with E-state index in [1.165, 1.54) is 19.2 Å². The summed E-state index contributed by atoms with van der Waals surface area (Å²) in [4.78, 5) is 12.8. The van der Waals surface area contributed by atoms with E-state index in [-0.39, 0.29) is 30.1 Å². The highest BCUT2D eigenvalue weighted by Gasteiger charge is 2.21. The van der Waals surface area contributed by atoms with Crippen molar-refractivity contribution in [2.45, 2.75) is 18.2 Å². The molecular formula is C21H23ClO6S. The fraction of sp³-hybridized carbons (Fsp3) is 0.286. The van der Waals surface area contributed by atoms with Gasteiger partial charge in [0.1, 0.15) is 5.75 Å². The molecule has 29 heavy (non-hydrogen) atoms. The quantitative estimate of drug-likeness (QED) is 0.501. The normalized spacial score (nSPS) is 12.3. The van der Waals surface area contributed by atoms with Gasteiger partial charge in [-0.15, -0.1) is 0 Å². The van der Waals surface area contributed by atoms with E-state index >= 15 is 0 Å². The zero-order valence-electron chi connectivity index (χ0n) is 16.4. The van der Waals surface area contributed by atoms with Crippen molar-refractivity contribution < 1.29 is 27.8 Å². The van der Waals surface area contributed by atoms with Crippen LogP contribution in [0.15, 0.2) is 52.9 Å². The Balaban J connectivity index is 2.75. The Hall–Kier alpha value is -2.35. The van der Waals surface area contributed by atoms with Crippen LogP contribution < -0.4 is 4.74 Å². The lowest BCUT2D eigenvalue weighted by Crippen LogP contribution is -2.12. The van der Waals surface area contributed by atoms with Crippen molar-refractivity contribution in [3.8, 4) is 5.75 Å². The summed E-state index contributed by atoms with van der Waals surface area (Å²) in [5.41, 5.74) is 1.97. The minimum absolute atomic E-state index is 0.0612. The summed E-state index contributed by atoms with van der Waals surface area (Å²) in [6.45, 7) is 1.61. The van der Waals surface area contributed by atoms with E-state index in [0.717, 1.165) is 6.26 Å². The van der Waals surface area contributed by atoms with E-state index in [4.69, 9.17) is 21.1 Å². The van der Waals surface area contributed by atoms with Gasteiger partial charge in [0.15, 0.2) is 9.84 Å². The number of aliphatic hydroxyl groups excluding tert-OH is 1. The van der Waals surface area contributed by atoms with Crippen LogP contribution >= 0.6 is 11.6 Å². The van der Waals surface area contributed by atoms with Crippen molar-refractivity contribution in [3.63, 3.8) is 0 Å². The Morgan fingerprint density at radius 1 is 1.10 bits per heavy atom. The van der Waals surface area contributed by atoms with Crippen LogP contribution in [0.5, 0.6) is 5.75 Å². The Bertz CT molecular complexity index is 1010. The molecule has 0 heterocycles. The molecule has 0 aliphatic heterocycles. The molecule has 6 nitrogen and oxygen atoms in total. The lowest BCUT2D eigenvalue weighted by molar-refractivity contribution is -0.138. The third kappa shape index (κ3) is 5.59. The van der Waals surface area contributed by atoms with Crippen molar-refractivity contribution in [1.29, 1.82) is 0 Å². The van der Waals surface area contributed by atoms with Crippen LogP contribution in [-0.4, -0.2) is 46.1 Å². The van der Waals surface area contributed by atoms with Crippen molar-refractivity contribution >= 4 is 33.0 Å². The van der Waals surface area contributed by atoms with Crippen LogP contribution in [0.2, 0.25) is 5.02 Å². The molecule has 0 amide bonds. The highest BCUT2D eigenvalue weighted by Crippen LogP contribution is 2.34. The summed E-state index contributed by atoms with van der Waals surface area (Å²) in [5.74, 6) is -0.0855. The monoisotopic (exact) mass is 438 g/mol. The predicted molar refractivity (Wildman–Crippen MR) is 112 cm³/mol. The summed E-state index contributed by atoms with van der Waals surface area (Å²) < 4.78 is 33.9. The molecule has 0 bridgehead atoms. The number of esters is 1. The average Bonchev–Trinajstić information content (AvgIpc) is 2.67. The van der Waals surface area contributed by atoms with E-state index in [9.17, 15) is 18.3 Å². The molecule has 2 aromatic rings. The van der Waals surface area contributed by atoms with E-state index in [1.54, 1.807) is 37.3 Å². The number of halogens is 1. The Kier molecular flexibility index (Phi) is 7.84. The molecule has 1 N–H and O–H groups in total. The third-order valence-electron chi connectivity index (χ3n) is 4.20. The van der Waals surface area contributed by atoms with Gasteiger partial charge in [-0.2, -0.15) is 0 Å². The van der Waals surface area contributed by atoms with E-state index in [1.807, 2.05) is 0 Å². The first-order chi connectivity index (χ1) is 13.7. The van der Waals surface area contributed by atoms with E-state index in [2.05, 4.69) is 0 Å². The highest BCUT2D eigenvalue weighted by atomic mass is 35.5. The number of aliphatic hydroxyl groups is 1. The first-order valence-electron chi connectivity index (χ1n) is 8.88. The average molecular weight is 439 g/mol. The predicted octanol–water partition coefficient (Wildman–Crippen LogP) is 3.50. The lowest BCUT2D eigenvalue weighted by atomic mass is 9.91. The molecule has 156 valence electrons. The summed E-state index contributed by atoms with van der Waals surface area (Å²) in [6, 6.07) is 11.2. The maximum Gasteiger partial charge on any atom is 0.334 e. The van der Waals surface area contributed by atoms with Gasteiger partial charge in [0.2, 0.25) is 0 Å². The second-order valence-electron chi connectivity index (χ2n) is 6.19. The molecule has 0 aromatic heterocycles. The molecule has 0 saturated carbocycles. The maximum absolute atomic E-state index is 12.6. The van der Waals surface area contributed by atoms with Gasteiger partial charge >= 0.3 is 5.97 Å². The molecule has 0 fully saturated rings. The third-order valence-corrected chi connectivity index (χ3v) is 5.62. The number of hydrogen-bond donors (Lipinski definition) is 1. The Labute approximate surface area is 175 Å². The number of rotatable bonds is 8. The van der Waals surface area contributed by atoms with Gasteiger partial charge in [-0.1, -0.05) is 29.8 Å². The van der Waals surface area contributed by atoms with Crippen molar-refractivity contribution in [3.05, 3.63) is 64.2 Å². The molecule has 0 spiro atoms. The largest absolute Gasteiger partial charge is 0.495 e. The van der Waals surface area contributed by atoms with E-state index in [0.29, 0.717) is 27.5 Å². The zero-order valence-corrected chi connectivity index (χ0v) is 18.0. The lowest BCUT2D eigenvalue weighted by Gasteiger charge is -2.16. The summed E-state index contributed by atoms with van der Waals surface area (Å²) in [6.07, 6.45) is 1.18. The number of ether oxygens (including phenoxy) is 2. The van der Waals surface area contributed by atoms with Crippen LogP contribution in [0, 0.1) is 0 Å². The zero-order chi connectivity index (χ0) is 21.6. The number of carbonyl (C=O) groups is 1. The topological polar surface area (TPSA) is 89.9 Å². The van der Waals surface area contributed by atoms with Crippen LogP contribution in [0.4, 0.5) is 0 Å². The number of hydrogen-bond acceptors (Lipinski definition) is 6. The standard InChI is InChI=1S/C21H23ClO6S/c1-4-28-21(24)17(11-12-23)20(15-7-10-19(27-2)18(22)13-15)14-5-8-16(9-6-14)29(3,25)26/h5-10,13,23H,4,11-12H2,1-3H3/b20-17-. The van der Waals surface area contributed by atoms with E-state index < -0.39 is 15.8 Å². The van der Waals surface area contributed by atoms with Gasteiger partial charge < -0.3 is 14.6 Å². The van der Waals surface area contributed by atoms with Crippen LogP contribution in [0.3, 0.4) is 0 Å². The summed E-state index contributed by atoms with van der Waals surface area (Å²) >= 11 is 6.28. The summed E-state index contributed by atoms with van der Waals surface area (Å²) in [5, 5.41) is 9.87. The minimum atomic E-state index is -3.37. The van der Waals surface area contributed by atoms with Crippen LogP contribution in [0.25, 0.3) is 5.57 Å². The molecule has 0 saturated heterocycles. The second-order valence-corrected chi connectivity index (χ2v) is 8.62. The minimum Gasteiger partial charge on any atom is -0.495 e. The van der Waals surface area contributed by atoms with Gasteiger partial charge in [0.25, 0.3) is 0 Å². The highest BCUT2D eigenvalue weighted by molar-refractivity contribution is 7.90. The molecule has 0 aliphatic rings. The van der Waals surface area contributed by atoms with Crippen LogP contribution in [0.1, 0.15) is 24.5 Å². The Morgan fingerprint density at radius 3 is 2.21 bits per heavy atom. The van der Waals surface area contributed by atoms with Gasteiger partial charge in [0, 0.05) is 24.9 Å². The number of sulfone groups is 1. The fourth-order valence-electron chi connectivity index (χ4n) is 2.86. The van der Waals surface area contributed by atoms with Gasteiger partial charge in [0.05, 0.1) is 23.6 Å². The van der Waals surface area contributed by atoms with Crippen LogP contribution in [-0.2, 0) is 19.4 Å². The molecule has 0 unspecified atom stereocenters. The number of methoxy groups -OCH3 is 1. The van der Waals surface area contributed by atoms with Crippen molar-refractivity contribution in [2.75, 3.05) is 26.6 Å². The first-order valence-corrected chi connectivity index (χ1v) is 11.1. The Morgan fingerprint density at radius 2 is 1.72 bits per heavy atom. The fourth-order valence-corrected chi connectivity index (χ4v) is 3.75. The molecule has 2 aromatic carbocycles. The van der Waals surface area contributed by atoms with Gasteiger partial charge in [-0.05, 0) is 47.9 Å². The number of carbonyl (C=O) groups excluding carboxylic acids is 1. The molecular weight excluding hydrogens is 416 g/mol. The summed E-state index contributed by atoms with van der Waals surface area (Å²) in [7, 11) is -1.87. The molecule has 2 rings (SSSR count). The van der Waals surface area contributed by atoms with Gasteiger partial charge in [-0.25, -0.2) is 13.2 Å². The van der Waals surface area contributed by atoms with Crippen molar-refractivity contribution in [1.82, 2.24) is 0 Å². The van der Waals surface area contributed by atoms with Gasteiger partial charge in [-0.3, -0.25) is 0 Å². The number of benzene rings is 2. The smallest absolute Gasteiger partial charge is 0.334 e. The first kappa shape index (κ1) is 22.9. The molecule has 0 atom stereocenters.